The van der Waals surface area contributed by atoms with Crippen molar-refractivity contribution in [2.45, 2.75) is 37.5 Å². The van der Waals surface area contributed by atoms with Crippen molar-refractivity contribution in [3.63, 3.8) is 0 Å². The first-order valence-electron chi connectivity index (χ1n) is 11.8. The van der Waals surface area contributed by atoms with Gasteiger partial charge in [0.25, 0.3) is 0 Å². The van der Waals surface area contributed by atoms with Gasteiger partial charge in [-0.15, -0.1) is 17.9 Å². The smallest absolute Gasteiger partial charge is 0.237 e. The molecule has 0 saturated heterocycles. The summed E-state index contributed by atoms with van der Waals surface area (Å²) in [5.41, 5.74) is 1.17. The van der Waals surface area contributed by atoms with Crippen LogP contribution in [0.15, 0.2) is 48.4 Å². The topological polar surface area (TPSA) is 71.5 Å². The van der Waals surface area contributed by atoms with E-state index in [0.717, 1.165) is 30.8 Å². The van der Waals surface area contributed by atoms with Crippen LogP contribution in [0.1, 0.15) is 29.3 Å². The molecule has 0 radical (unpaired) electrons. The number of hydrogen-bond donors (Lipinski definition) is 1. The highest BCUT2D eigenvalue weighted by Gasteiger charge is 2.36. The molecule has 2 heterocycles. The van der Waals surface area contributed by atoms with Crippen molar-refractivity contribution in [2.75, 3.05) is 46.6 Å². The molecular formula is C26H34N2O5S. The third-order valence-electron chi connectivity index (χ3n) is 6.26. The Morgan fingerprint density at radius 1 is 1.35 bits per heavy atom. The highest BCUT2D eigenvalue weighted by atomic mass is 32.1. The van der Waals surface area contributed by atoms with Crippen molar-refractivity contribution in [3.05, 3.63) is 58.8 Å². The minimum absolute atomic E-state index is 0.0715. The van der Waals surface area contributed by atoms with Gasteiger partial charge in [0.2, 0.25) is 5.91 Å². The van der Waals surface area contributed by atoms with Gasteiger partial charge < -0.3 is 24.2 Å². The number of carbonyl (C=O) groups excluding carboxylic acids is 1. The largest absolute Gasteiger partial charge is 0.497 e. The van der Waals surface area contributed by atoms with Gasteiger partial charge in [0.15, 0.2) is 0 Å². The summed E-state index contributed by atoms with van der Waals surface area (Å²) < 4.78 is 16.8. The van der Waals surface area contributed by atoms with E-state index in [1.165, 1.54) is 10.4 Å². The van der Waals surface area contributed by atoms with Crippen molar-refractivity contribution >= 4 is 17.2 Å². The molecule has 2 aliphatic rings. The standard InChI is InChI=1S/C26H34N2O5S/c1-3-12-32-17-20(29)15-27(19-7-8-19)16-26(30)28-11-9-25-23(10-13-34-25)24(28)18-33-22-6-4-5-21(14-22)31-2/h3-6,10,13-14,19-20,24,29H,1,7-9,11-12,15-18H2,2H3/t20-,24-/m0/s1. The molecule has 0 bridgehead atoms. The number of methoxy groups -OCH3 is 1. The van der Waals surface area contributed by atoms with Gasteiger partial charge in [0, 0.05) is 30.1 Å². The maximum absolute atomic E-state index is 13.5. The zero-order valence-corrected chi connectivity index (χ0v) is 20.5. The minimum Gasteiger partial charge on any atom is -0.497 e. The van der Waals surface area contributed by atoms with E-state index < -0.39 is 6.10 Å². The van der Waals surface area contributed by atoms with E-state index in [1.54, 1.807) is 24.5 Å². The quantitative estimate of drug-likeness (QED) is 0.346. The average molecular weight is 487 g/mol. The first-order chi connectivity index (χ1) is 16.6. The van der Waals surface area contributed by atoms with E-state index in [9.17, 15) is 9.90 Å². The number of hydrogen-bond acceptors (Lipinski definition) is 7. The van der Waals surface area contributed by atoms with E-state index >= 15 is 0 Å². The van der Waals surface area contributed by atoms with Crippen molar-refractivity contribution < 1.29 is 24.1 Å². The fourth-order valence-electron chi connectivity index (χ4n) is 4.40. The lowest BCUT2D eigenvalue weighted by molar-refractivity contribution is -0.136. The number of fused-ring (bicyclic) bond motifs is 1. The summed E-state index contributed by atoms with van der Waals surface area (Å²) in [6.07, 6.45) is 4.01. The number of ether oxygens (including phenoxy) is 3. The van der Waals surface area contributed by atoms with Crippen LogP contribution < -0.4 is 9.47 Å². The average Bonchev–Trinajstić information content (AvgIpc) is 3.59. The second-order valence-corrected chi connectivity index (χ2v) is 9.78. The van der Waals surface area contributed by atoms with Crippen LogP contribution in [0.5, 0.6) is 11.5 Å². The maximum atomic E-state index is 13.5. The summed E-state index contributed by atoms with van der Waals surface area (Å²) in [7, 11) is 1.63. The summed E-state index contributed by atoms with van der Waals surface area (Å²) in [5.74, 6) is 1.53. The van der Waals surface area contributed by atoms with Crippen LogP contribution in [0, 0.1) is 0 Å². The third kappa shape index (κ3) is 6.39. The Labute approximate surface area is 205 Å². The number of nitrogens with zero attached hydrogens (tertiary/aromatic N) is 2. The van der Waals surface area contributed by atoms with Crippen LogP contribution in [0.2, 0.25) is 0 Å². The van der Waals surface area contributed by atoms with Crippen LogP contribution in [-0.2, 0) is 16.0 Å². The monoisotopic (exact) mass is 486 g/mol. The molecule has 2 atom stereocenters. The molecule has 1 aromatic carbocycles. The van der Waals surface area contributed by atoms with Gasteiger partial charge in [-0.1, -0.05) is 12.1 Å². The molecule has 0 unspecified atom stereocenters. The first-order valence-corrected chi connectivity index (χ1v) is 12.7. The predicted octanol–water partition coefficient (Wildman–Crippen LogP) is 3.29. The van der Waals surface area contributed by atoms with Gasteiger partial charge in [-0.3, -0.25) is 9.69 Å². The second-order valence-electron chi connectivity index (χ2n) is 8.78. The maximum Gasteiger partial charge on any atom is 0.237 e. The summed E-state index contributed by atoms with van der Waals surface area (Å²) in [5, 5.41) is 12.5. The summed E-state index contributed by atoms with van der Waals surface area (Å²) >= 11 is 1.74. The molecule has 1 aliphatic carbocycles. The molecule has 1 N–H and O–H groups in total. The molecule has 4 rings (SSSR count). The lowest BCUT2D eigenvalue weighted by atomic mass is 10.0. The Kier molecular flexibility index (Phi) is 8.61. The fourth-order valence-corrected chi connectivity index (χ4v) is 5.33. The molecule has 0 spiro atoms. The zero-order valence-electron chi connectivity index (χ0n) is 19.7. The molecule has 1 amide bonds. The highest BCUT2D eigenvalue weighted by Crippen LogP contribution is 2.35. The second kappa shape index (κ2) is 11.8. The summed E-state index contributed by atoms with van der Waals surface area (Å²) in [4.78, 5) is 18.9. The number of aliphatic hydroxyl groups excluding tert-OH is 1. The molecule has 1 fully saturated rings. The normalized spacial score (nSPS) is 18.4. The van der Waals surface area contributed by atoms with Gasteiger partial charge in [0.05, 0.1) is 39.0 Å². The van der Waals surface area contributed by atoms with E-state index in [4.69, 9.17) is 14.2 Å². The fraction of sp³-hybridized carbons (Fsp3) is 0.500. The predicted molar refractivity (Wildman–Crippen MR) is 133 cm³/mol. The van der Waals surface area contributed by atoms with Gasteiger partial charge in [-0.05, 0) is 48.4 Å². The summed E-state index contributed by atoms with van der Waals surface area (Å²) in [6.45, 7) is 6.04. The van der Waals surface area contributed by atoms with Crippen LogP contribution in [0.4, 0.5) is 0 Å². The SMILES string of the molecule is C=CCOC[C@@H](O)CN(CC(=O)N1CCc2sccc2[C@@H]1COc1cccc(OC)c1)C1CC1. The van der Waals surface area contributed by atoms with Crippen LogP contribution in [0.3, 0.4) is 0 Å². The number of rotatable bonds is 13. The molecule has 2 aromatic rings. The zero-order chi connectivity index (χ0) is 23.9. The Morgan fingerprint density at radius 3 is 2.94 bits per heavy atom. The van der Waals surface area contributed by atoms with Crippen molar-refractivity contribution in [1.29, 1.82) is 0 Å². The minimum atomic E-state index is -0.634. The molecule has 184 valence electrons. The molecule has 1 aliphatic heterocycles. The molecule has 1 aromatic heterocycles. The van der Waals surface area contributed by atoms with E-state index in [1.807, 2.05) is 29.2 Å². The Hall–Kier alpha value is -2.39. The van der Waals surface area contributed by atoms with Gasteiger partial charge in [0.1, 0.15) is 18.1 Å². The number of benzene rings is 1. The molecule has 8 heteroatoms. The van der Waals surface area contributed by atoms with Crippen LogP contribution >= 0.6 is 11.3 Å². The van der Waals surface area contributed by atoms with E-state index in [2.05, 4.69) is 22.9 Å². The van der Waals surface area contributed by atoms with Crippen molar-refractivity contribution in [2.24, 2.45) is 0 Å². The van der Waals surface area contributed by atoms with Gasteiger partial charge in [-0.25, -0.2) is 0 Å². The summed E-state index contributed by atoms with van der Waals surface area (Å²) in [6, 6.07) is 9.85. The number of aliphatic hydroxyl groups is 1. The van der Waals surface area contributed by atoms with E-state index in [-0.39, 0.29) is 25.1 Å². The van der Waals surface area contributed by atoms with Crippen LogP contribution in [0.25, 0.3) is 0 Å². The first kappa shape index (κ1) is 24.7. The molecular weight excluding hydrogens is 452 g/mol. The lowest BCUT2D eigenvalue weighted by Crippen LogP contribution is -2.48. The van der Waals surface area contributed by atoms with Gasteiger partial charge in [-0.2, -0.15) is 0 Å². The van der Waals surface area contributed by atoms with Crippen LogP contribution in [-0.4, -0.2) is 79.5 Å². The Morgan fingerprint density at radius 2 is 2.18 bits per heavy atom. The lowest BCUT2D eigenvalue weighted by Gasteiger charge is -2.37. The highest BCUT2D eigenvalue weighted by molar-refractivity contribution is 7.10. The molecule has 7 nitrogen and oxygen atoms in total. The molecule has 1 saturated carbocycles. The van der Waals surface area contributed by atoms with E-state index in [0.29, 0.717) is 32.3 Å². The Balaban J connectivity index is 1.42. The molecule has 34 heavy (non-hydrogen) atoms. The number of amides is 1. The van der Waals surface area contributed by atoms with Crippen molar-refractivity contribution in [3.8, 4) is 11.5 Å². The Bertz CT molecular complexity index is 960. The van der Waals surface area contributed by atoms with Gasteiger partial charge >= 0.3 is 0 Å². The van der Waals surface area contributed by atoms with Crippen molar-refractivity contribution in [1.82, 2.24) is 9.80 Å². The third-order valence-corrected chi connectivity index (χ3v) is 7.25. The number of carbonyl (C=O) groups is 1. The number of thiophene rings is 1.